The number of ether oxygens (including phenoxy) is 1. The standard InChI is InChI=1S/C23H28N2O4/c1-14-21(17(4)26)15(2)24-22(14)23(28)29-13-20(27)25(16(3)19-10-11-19)12-18-8-6-5-7-9-18/h5-9,16,19,24H,10-13H2,1-4H3. The van der Waals surface area contributed by atoms with Gasteiger partial charge in [0.2, 0.25) is 0 Å². The van der Waals surface area contributed by atoms with Gasteiger partial charge in [-0.1, -0.05) is 30.3 Å². The highest BCUT2D eigenvalue weighted by Crippen LogP contribution is 2.35. The van der Waals surface area contributed by atoms with Gasteiger partial charge in [-0.3, -0.25) is 9.59 Å². The number of nitrogens with zero attached hydrogens (tertiary/aromatic N) is 1. The van der Waals surface area contributed by atoms with Crippen LogP contribution in [0.5, 0.6) is 0 Å². The minimum atomic E-state index is -0.620. The largest absolute Gasteiger partial charge is 0.451 e. The fraction of sp³-hybridized carbons (Fsp3) is 0.435. The molecular formula is C23H28N2O4. The van der Waals surface area contributed by atoms with Crippen LogP contribution < -0.4 is 0 Å². The van der Waals surface area contributed by atoms with Crippen molar-refractivity contribution in [1.82, 2.24) is 9.88 Å². The van der Waals surface area contributed by atoms with Crippen molar-refractivity contribution in [1.29, 1.82) is 0 Å². The van der Waals surface area contributed by atoms with Crippen LogP contribution in [0.1, 0.15) is 64.4 Å². The first-order valence-electron chi connectivity index (χ1n) is 10.00. The van der Waals surface area contributed by atoms with Gasteiger partial charge in [0.05, 0.1) is 0 Å². The number of Topliss-reactive ketones (excluding diaryl/α,β-unsaturated/α-hetero) is 1. The molecule has 1 atom stereocenters. The van der Waals surface area contributed by atoms with Crippen LogP contribution in [0, 0.1) is 19.8 Å². The van der Waals surface area contributed by atoms with Gasteiger partial charge < -0.3 is 14.6 Å². The number of aryl methyl sites for hydroxylation is 1. The molecule has 1 heterocycles. The molecule has 1 N–H and O–H groups in total. The molecule has 0 saturated heterocycles. The molecule has 1 aliphatic carbocycles. The number of rotatable bonds is 8. The lowest BCUT2D eigenvalue weighted by Crippen LogP contribution is -2.41. The van der Waals surface area contributed by atoms with E-state index < -0.39 is 5.97 Å². The Hall–Kier alpha value is -2.89. The fourth-order valence-corrected chi connectivity index (χ4v) is 3.84. The third-order valence-electron chi connectivity index (χ3n) is 5.63. The van der Waals surface area contributed by atoms with Crippen molar-refractivity contribution in [3.63, 3.8) is 0 Å². The molecule has 1 unspecified atom stereocenters. The van der Waals surface area contributed by atoms with E-state index in [0.717, 1.165) is 18.4 Å². The number of carbonyl (C=O) groups excluding carboxylic acids is 3. The molecule has 29 heavy (non-hydrogen) atoms. The molecule has 1 saturated carbocycles. The van der Waals surface area contributed by atoms with Crippen molar-refractivity contribution >= 4 is 17.7 Å². The Morgan fingerprint density at radius 2 is 1.83 bits per heavy atom. The van der Waals surface area contributed by atoms with Gasteiger partial charge in [0, 0.05) is 23.8 Å². The maximum atomic E-state index is 12.9. The third-order valence-corrected chi connectivity index (χ3v) is 5.63. The maximum Gasteiger partial charge on any atom is 0.355 e. The third kappa shape index (κ3) is 4.75. The van der Waals surface area contributed by atoms with Gasteiger partial charge in [-0.25, -0.2) is 4.79 Å². The maximum absolute atomic E-state index is 12.9. The van der Waals surface area contributed by atoms with Gasteiger partial charge in [-0.05, 0) is 57.6 Å². The number of ketones is 1. The summed E-state index contributed by atoms with van der Waals surface area (Å²) >= 11 is 0. The summed E-state index contributed by atoms with van der Waals surface area (Å²) < 4.78 is 5.32. The predicted molar refractivity (Wildman–Crippen MR) is 110 cm³/mol. The number of aromatic amines is 1. The first-order valence-corrected chi connectivity index (χ1v) is 10.00. The number of esters is 1. The number of benzene rings is 1. The average molecular weight is 396 g/mol. The summed E-state index contributed by atoms with van der Waals surface area (Å²) in [5.74, 6) is -0.442. The molecule has 1 aromatic carbocycles. The van der Waals surface area contributed by atoms with E-state index in [1.807, 2.05) is 30.3 Å². The molecule has 1 aliphatic rings. The summed E-state index contributed by atoms with van der Waals surface area (Å²) in [6, 6.07) is 9.91. The number of aromatic nitrogens is 1. The van der Waals surface area contributed by atoms with E-state index in [-0.39, 0.29) is 30.0 Å². The summed E-state index contributed by atoms with van der Waals surface area (Å²) in [6.07, 6.45) is 2.24. The molecule has 1 fully saturated rings. The van der Waals surface area contributed by atoms with Crippen LogP contribution in [0.25, 0.3) is 0 Å². The highest BCUT2D eigenvalue weighted by atomic mass is 16.5. The second kappa shape index (κ2) is 8.64. The van der Waals surface area contributed by atoms with Gasteiger partial charge in [0.1, 0.15) is 5.69 Å². The SMILES string of the molecule is CC(=O)c1c(C)[nH]c(C(=O)OCC(=O)N(Cc2ccccc2)C(C)C2CC2)c1C. The average Bonchev–Trinajstić information content (AvgIpc) is 3.49. The highest BCUT2D eigenvalue weighted by molar-refractivity contribution is 6.01. The normalized spacial score (nSPS) is 14.3. The summed E-state index contributed by atoms with van der Waals surface area (Å²) in [6.45, 7) is 7.13. The van der Waals surface area contributed by atoms with Crippen LogP contribution in [0.2, 0.25) is 0 Å². The molecule has 154 valence electrons. The zero-order valence-electron chi connectivity index (χ0n) is 17.5. The van der Waals surface area contributed by atoms with Gasteiger partial charge in [0.15, 0.2) is 12.4 Å². The molecule has 0 spiro atoms. The van der Waals surface area contributed by atoms with Gasteiger partial charge in [-0.15, -0.1) is 0 Å². The Labute approximate surface area is 171 Å². The summed E-state index contributed by atoms with van der Waals surface area (Å²) in [4.78, 5) is 41.9. The number of hydrogen-bond donors (Lipinski definition) is 1. The van der Waals surface area contributed by atoms with E-state index in [0.29, 0.717) is 29.3 Å². The van der Waals surface area contributed by atoms with Crippen molar-refractivity contribution < 1.29 is 19.1 Å². The number of carbonyl (C=O) groups is 3. The first-order chi connectivity index (χ1) is 13.8. The molecule has 6 nitrogen and oxygen atoms in total. The molecule has 2 aromatic rings. The Morgan fingerprint density at radius 1 is 1.17 bits per heavy atom. The molecule has 1 amide bonds. The Kier molecular flexibility index (Phi) is 6.20. The molecule has 0 radical (unpaired) electrons. The summed E-state index contributed by atoms with van der Waals surface area (Å²) in [5.41, 5.74) is 2.95. The van der Waals surface area contributed by atoms with Gasteiger partial charge in [0.25, 0.3) is 5.91 Å². The van der Waals surface area contributed by atoms with Crippen molar-refractivity contribution in [2.45, 2.75) is 53.1 Å². The Balaban J connectivity index is 1.69. The van der Waals surface area contributed by atoms with E-state index in [1.54, 1.807) is 18.7 Å². The number of hydrogen-bond acceptors (Lipinski definition) is 4. The van der Waals surface area contributed by atoms with Crippen LogP contribution in [-0.4, -0.2) is 40.2 Å². The van der Waals surface area contributed by atoms with E-state index >= 15 is 0 Å². The van der Waals surface area contributed by atoms with Crippen LogP contribution in [0.4, 0.5) is 0 Å². The van der Waals surface area contributed by atoms with Gasteiger partial charge >= 0.3 is 5.97 Å². The molecule has 0 bridgehead atoms. The number of amides is 1. The molecular weight excluding hydrogens is 368 g/mol. The van der Waals surface area contributed by atoms with E-state index in [9.17, 15) is 14.4 Å². The van der Waals surface area contributed by atoms with Crippen LogP contribution in [0.3, 0.4) is 0 Å². The van der Waals surface area contributed by atoms with E-state index in [2.05, 4.69) is 11.9 Å². The first kappa shape index (κ1) is 20.8. The minimum absolute atomic E-state index is 0.0974. The topological polar surface area (TPSA) is 79.5 Å². The van der Waals surface area contributed by atoms with E-state index in [1.165, 1.54) is 6.92 Å². The summed E-state index contributed by atoms with van der Waals surface area (Å²) in [7, 11) is 0. The van der Waals surface area contributed by atoms with Crippen molar-refractivity contribution in [3.8, 4) is 0 Å². The fourth-order valence-electron chi connectivity index (χ4n) is 3.84. The predicted octanol–water partition coefficient (Wildman–Crippen LogP) is 3.82. The lowest BCUT2D eigenvalue weighted by molar-refractivity contribution is -0.137. The Morgan fingerprint density at radius 3 is 2.38 bits per heavy atom. The van der Waals surface area contributed by atoms with Gasteiger partial charge in [-0.2, -0.15) is 0 Å². The smallest absolute Gasteiger partial charge is 0.355 e. The summed E-state index contributed by atoms with van der Waals surface area (Å²) in [5, 5.41) is 0. The minimum Gasteiger partial charge on any atom is -0.451 e. The Bertz CT molecular complexity index is 912. The monoisotopic (exact) mass is 396 g/mol. The van der Waals surface area contributed by atoms with Crippen molar-refractivity contribution in [3.05, 3.63) is 58.4 Å². The zero-order valence-corrected chi connectivity index (χ0v) is 17.5. The second-order valence-corrected chi connectivity index (χ2v) is 7.84. The number of nitrogens with one attached hydrogen (secondary N) is 1. The molecule has 0 aliphatic heterocycles. The van der Waals surface area contributed by atoms with Crippen LogP contribution in [0.15, 0.2) is 30.3 Å². The van der Waals surface area contributed by atoms with Crippen LogP contribution >= 0.6 is 0 Å². The number of H-pyrrole nitrogens is 1. The molecule has 1 aromatic heterocycles. The van der Waals surface area contributed by atoms with E-state index in [4.69, 9.17) is 4.74 Å². The second-order valence-electron chi connectivity index (χ2n) is 7.84. The molecule has 3 rings (SSSR count). The highest BCUT2D eigenvalue weighted by Gasteiger charge is 2.34. The van der Waals surface area contributed by atoms with Crippen LogP contribution in [-0.2, 0) is 16.1 Å². The quantitative estimate of drug-likeness (QED) is 0.543. The van der Waals surface area contributed by atoms with Crippen molar-refractivity contribution in [2.24, 2.45) is 5.92 Å². The molecule has 6 heteroatoms. The zero-order chi connectivity index (χ0) is 21.1. The van der Waals surface area contributed by atoms with Crippen molar-refractivity contribution in [2.75, 3.05) is 6.61 Å². The lowest BCUT2D eigenvalue weighted by Gasteiger charge is -2.29. The lowest BCUT2D eigenvalue weighted by atomic mass is 10.1.